The van der Waals surface area contributed by atoms with Gasteiger partial charge in [-0.15, -0.1) is 0 Å². The van der Waals surface area contributed by atoms with Crippen molar-refractivity contribution in [2.24, 2.45) is 0 Å². The molecule has 0 saturated heterocycles. The van der Waals surface area contributed by atoms with Gasteiger partial charge in [0.2, 0.25) is 0 Å². The zero-order valence-corrected chi connectivity index (χ0v) is 8.45. The van der Waals surface area contributed by atoms with Crippen LogP contribution >= 0.6 is 0 Å². The Morgan fingerprint density at radius 3 is 2.62 bits per heavy atom. The van der Waals surface area contributed by atoms with Gasteiger partial charge in [-0.1, -0.05) is 6.07 Å². The maximum Gasteiger partial charge on any atom is 0.126 e. The van der Waals surface area contributed by atoms with Crippen molar-refractivity contribution in [2.45, 2.75) is 20.3 Å². The molecular formula is C11H16FN. The fourth-order valence-electron chi connectivity index (χ4n) is 1.50. The highest BCUT2D eigenvalue weighted by atomic mass is 19.1. The van der Waals surface area contributed by atoms with E-state index in [4.69, 9.17) is 0 Å². The van der Waals surface area contributed by atoms with Crippen LogP contribution in [-0.4, -0.2) is 13.6 Å². The van der Waals surface area contributed by atoms with Gasteiger partial charge in [0.1, 0.15) is 5.82 Å². The molecular weight excluding hydrogens is 165 g/mol. The van der Waals surface area contributed by atoms with Crippen LogP contribution in [0.1, 0.15) is 16.7 Å². The first-order chi connectivity index (χ1) is 6.16. The predicted octanol–water partition coefficient (Wildman–Crippen LogP) is 2.20. The smallest absolute Gasteiger partial charge is 0.126 e. The number of rotatable bonds is 3. The van der Waals surface area contributed by atoms with E-state index in [1.807, 2.05) is 27.0 Å². The second-order valence-electron chi connectivity index (χ2n) is 3.32. The molecule has 2 heteroatoms. The van der Waals surface area contributed by atoms with E-state index in [1.165, 1.54) is 11.6 Å². The Morgan fingerprint density at radius 2 is 2.00 bits per heavy atom. The molecule has 0 amide bonds. The number of likely N-dealkylation sites (N-methyl/N-ethyl adjacent to an activating group) is 1. The normalized spacial score (nSPS) is 10.5. The van der Waals surface area contributed by atoms with Crippen LogP contribution in [0.4, 0.5) is 4.39 Å². The minimum atomic E-state index is -0.100. The average Bonchev–Trinajstić information content (AvgIpc) is 2.12. The molecule has 0 aliphatic heterocycles. The molecule has 0 bridgehead atoms. The van der Waals surface area contributed by atoms with Gasteiger partial charge in [0, 0.05) is 0 Å². The highest BCUT2D eigenvalue weighted by Crippen LogP contribution is 2.17. The second-order valence-corrected chi connectivity index (χ2v) is 3.32. The number of nitrogens with one attached hydrogen (secondary N) is 1. The van der Waals surface area contributed by atoms with Gasteiger partial charge in [-0.25, -0.2) is 4.39 Å². The van der Waals surface area contributed by atoms with E-state index in [1.54, 1.807) is 0 Å². The lowest BCUT2D eigenvalue weighted by Crippen LogP contribution is -2.12. The second kappa shape index (κ2) is 4.38. The fraction of sp³-hybridized carbons (Fsp3) is 0.455. The van der Waals surface area contributed by atoms with E-state index in [2.05, 4.69) is 5.32 Å². The van der Waals surface area contributed by atoms with Gasteiger partial charge in [-0.05, 0) is 56.6 Å². The van der Waals surface area contributed by atoms with Gasteiger partial charge in [0.25, 0.3) is 0 Å². The zero-order chi connectivity index (χ0) is 9.84. The first-order valence-electron chi connectivity index (χ1n) is 4.56. The first kappa shape index (κ1) is 10.2. The van der Waals surface area contributed by atoms with Crippen molar-refractivity contribution in [2.75, 3.05) is 13.6 Å². The Kier molecular flexibility index (Phi) is 3.43. The molecule has 0 spiro atoms. The summed E-state index contributed by atoms with van der Waals surface area (Å²) < 4.78 is 13.2. The topological polar surface area (TPSA) is 12.0 Å². The van der Waals surface area contributed by atoms with Crippen LogP contribution in [0.3, 0.4) is 0 Å². The van der Waals surface area contributed by atoms with Gasteiger partial charge in [0.05, 0.1) is 0 Å². The minimum Gasteiger partial charge on any atom is -0.319 e. The van der Waals surface area contributed by atoms with Crippen LogP contribution in [-0.2, 0) is 6.42 Å². The Hall–Kier alpha value is -0.890. The van der Waals surface area contributed by atoms with E-state index in [9.17, 15) is 4.39 Å². The fourth-order valence-corrected chi connectivity index (χ4v) is 1.50. The lowest BCUT2D eigenvalue weighted by Gasteiger charge is -2.09. The SMILES string of the molecule is CNCCc1c(C)ccc(F)c1C. The van der Waals surface area contributed by atoms with Crippen LogP contribution in [0.2, 0.25) is 0 Å². The third kappa shape index (κ3) is 2.28. The zero-order valence-electron chi connectivity index (χ0n) is 8.45. The summed E-state index contributed by atoms with van der Waals surface area (Å²) in [5, 5.41) is 3.07. The van der Waals surface area contributed by atoms with E-state index < -0.39 is 0 Å². The van der Waals surface area contributed by atoms with Crippen LogP contribution in [0, 0.1) is 19.7 Å². The van der Waals surface area contributed by atoms with Crippen LogP contribution in [0.5, 0.6) is 0 Å². The standard InChI is InChI=1S/C11H16FN/c1-8-4-5-11(12)9(2)10(8)6-7-13-3/h4-5,13H,6-7H2,1-3H3. The minimum absolute atomic E-state index is 0.100. The summed E-state index contributed by atoms with van der Waals surface area (Å²) in [5.74, 6) is -0.100. The Morgan fingerprint density at radius 1 is 1.31 bits per heavy atom. The molecule has 1 rings (SSSR count). The molecule has 72 valence electrons. The molecule has 0 unspecified atom stereocenters. The summed E-state index contributed by atoms with van der Waals surface area (Å²) in [7, 11) is 1.91. The van der Waals surface area contributed by atoms with E-state index in [0.29, 0.717) is 0 Å². The van der Waals surface area contributed by atoms with Gasteiger partial charge >= 0.3 is 0 Å². The quantitative estimate of drug-likeness (QED) is 0.753. The van der Waals surface area contributed by atoms with Crippen molar-refractivity contribution in [3.8, 4) is 0 Å². The maximum absolute atomic E-state index is 13.2. The number of aryl methyl sites for hydroxylation is 1. The highest BCUT2D eigenvalue weighted by molar-refractivity contribution is 5.34. The van der Waals surface area contributed by atoms with Crippen molar-refractivity contribution in [1.82, 2.24) is 5.32 Å². The van der Waals surface area contributed by atoms with Crippen molar-refractivity contribution in [3.05, 3.63) is 34.6 Å². The highest BCUT2D eigenvalue weighted by Gasteiger charge is 2.05. The monoisotopic (exact) mass is 181 g/mol. The van der Waals surface area contributed by atoms with Crippen LogP contribution in [0.15, 0.2) is 12.1 Å². The Balaban J connectivity index is 2.96. The van der Waals surface area contributed by atoms with Crippen molar-refractivity contribution in [3.63, 3.8) is 0 Å². The summed E-state index contributed by atoms with van der Waals surface area (Å²) in [6.45, 7) is 4.76. The molecule has 1 aromatic carbocycles. The molecule has 0 atom stereocenters. The molecule has 1 aromatic rings. The van der Waals surface area contributed by atoms with Gasteiger partial charge < -0.3 is 5.32 Å². The van der Waals surface area contributed by atoms with Crippen molar-refractivity contribution < 1.29 is 4.39 Å². The summed E-state index contributed by atoms with van der Waals surface area (Å²) in [6, 6.07) is 3.38. The number of halogens is 1. The Bertz CT molecular complexity index is 294. The summed E-state index contributed by atoms with van der Waals surface area (Å²) in [4.78, 5) is 0. The molecule has 1 N–H and O–H groups in total. The molecule has 1 nitrogen and oxygen atoms in total. The van der Waals surface area contributed by atoms with Crippen molar-refractivity contribution in [1.29, 1.82) is 0 Å². The van der Waals surface area contributed by atoms with E-state index in [-0.39, 0.29) is 5.82 Å². The third-order valence-corrected chi connectivity index (χ3v) is 2.39. The molecule has 0 radical (unpaired) electrons. The average molecular weight is 181 g/mol. The van der Waals surface area contributed by atoms with Crippen LogP contribution < -0.4 is 5.32 Å². The molecule has 0 heterocycles. The molecule has 13 heavy (non-hydrogen) atoms. The van der Waals surface area contributed by atoms with E-state index in [0.717, 1.165) is 24.1 Å². The molecule has 0 aliphatic rings. The number of benzene rings is 1. The lowest BCUT2D eigenvalue weighted by molar-refractivity contribution is 0.613. The van der Waals surface area contributed by atoms with Gasteiger partial charge in [0.15, 0.2) is 0 Å². The van der Waals surface area contributed by atoms with Crippen LogP contribution in [0.25, 0.3) is 0 Å². The third-order valence-electron chi connectivity index (χ3n) is 2.39. The van der Waals surface area contributed by atoms with E-state index >= 15 is 0 Å². The molecule has 0 fully saturated rings. The molecule has 0 saturated carbocycles. The number of hydrogen-bond acceptors (Lipinski definition) is 1. The molecule has 0 aliphatic carbocycles. The maximum atomic E-state index is 13.2. The Labute approximate surface area is 79.0 Å². The molecule has 0 aromatic heterocycles. The summed E-state index contributed by atoms with van der Waals surface area (Å²) >= 11 is 0. The summed E-state index contributed by atoms with van der Waals surface area (Å²) in [6.07, 6.45) is 0.895. The largest absolute Gasteiger partial charge is 0.319 e. The van der Waals surface area contributed by atoms with Gasteiger partial charge in [-0.2, -0.15) is 0 Å². The summed E-state index contributed by atoms with van der Waals surface area (Å²) in [5.41, 5.74) is 3.10. The lowest BCUT2D eigenvalue weighted by atomic mass is 10.00. The number of hydrogen-bond donors (Lipinski definition) is 1. The van der Waals surface area contributed by atoms with Gasteiger partial charge in [-0.3, -0.25) is 0 Å². The first-order valence-corrected chi connectivity index (χ1v) is 4.56. The predicted molar refractivity (Wildman–Crippen MR) is 53.5 cm³/mol. The van der Waals surface area contributed by atoms with Crippen molar-refractivity contribution >= 4 is 0 Å².